The number of ether oxygens (including phenoxy) is 1. The van der Waals surface area contributed by atoms with Crippen molar-refractivity contribution in [1.82, 2.24) is 9.38 Å². The van der Waals surface area contributed by atoms with Crippen LogP contribution in [-0.2, 0) is 4.74 Å². The van der Waals surface area contributed by atoms with Gasteiger partial charge in [0.25, 0.3) is 0 Å². The fourth-order valence-electron chi connectivity index (χ4n) is 1.27. The number of nitrogens with zero attached hydrogens (tertiary/aromatic N) is 2. The molecule has 0 aliphatic heterocycles. The second kappa shape index (κ2) is 3.31. The molecule has 14 heavy (non-hydrogen) atoms. The number of pyridine rings is 1. The SMILES string of the molecule is COC(=O)c1cc(Cl)cn2cncc12. The summed E-state index contributed by atoms with van der Waals surface area (Å²) in [6.45, 7) is 0. The molecule has 72 valence electrons. The van der Waals surface area contributed by atoms with Crippen LogP contribution in [0.3, 0.4) is 0 Å². The summed E-state index contributed by atoms with van der Waals surface area (Å²) in [6, 6.07) is 1.56. The molecule has 0 amide bonds. The molecule has 2 heterocycles. The van der Waals surface area contributed by atoms with Crippen molar-refractivity contribution in [2.75, 3.05) is 7.11 Å². The van der Waals surface area contributed by atoms with E-state index in [0.29, 0.717) is 16.1 Å². The Morgan fingerprint density at radius 2 is 2.43 bits per heavy atom. The first-order chi connectivity index (χ1) is 6.72. The molecule has 0 radical (unpaired) electrons. The minimum absolute atomic E-state index is 0.414. The average molecular weight is 211 g/mol. The Labute approximate surface area is 85.1 Å². The lowest BCUT2D eigenvalue weighted by molar-refractivity contribution is 0.0602. The molecule has 0 saturated heterocycles. The second-order valence-electron chi connectivity index (χ2n) is 2.75. The lowest BCUT2D eigenvalue weighted by atomic mass is 10.2. The predicted molar refractivity (Wildman–Crippen MR) is 51.5 cm³/mol. The highest BCUT2D eigenvalue weighted by Crippen LogP contribution is 2.17. The van der Waals surface area contributed by atoms with Gasteiger partial charge in [-0.1, -0.05) is 11.6 Å². The summed E-state index contributed by atoms with van der Waals surface area (Å²) in [6.07, 6.45) is 4.84. The molecular weight excluding hydrogens is 204 g/mol. The zero-order chi connectivity index (χ0) is 10.1. The summed E-state index contributed by atoms with van der Waals surface area (Å²) in [5, 5.41) is 0.468. The van der Waals surface area contributed by atoms with E-state index in [2.05, 4.69) is 9.72 Å². The minimum Gasteiger partial charge on any atom is -0.465 e. The molecule has 4 nitrogen and oxygen atoms in total. The van der Waals surface area contributed by atoms with Crippen LogP contribution in [0.15, 0.2) is 24.8 Å². The lowest BCUT2D eigenvalue weighted by Crippen LogP contribution is -2.03. The van der Waals surface area contributed by atoms with Gasteiger partial charge in [0.1, 0.15) is 0 Å². The first kappa shape index (κ1) is 9.02. The molecule has 2 aromatic heterocycles. The zero-order valence-electron chi connectivity index (χ0n) is 7.40. The van der Waals surface area contributed by atoms with Gasteiger partial charge in [-0.15, -0.1) is 0 Å². The average Bonchev–Trinajstić information content (AvgIpc) is 2.62. The zero-order valence-corrected chi connectivity index (χ0v) is 8.15. The topological polar surface area (TPSA) is 43.6 Å². The van der Waals surface area contributed by atoms with Gasteiger partial charge in [0, 0.05) is 6.20 Å². The molecule has 2 rings (SSSR count). The summed E-state index contributed by atoms with van der Waals surface area (Å²) >= 11 is 5.83. The highest BCUT2D eigenvalue weighted by atomic mass is 35.5. The molecule has 5 heteroatoms. The molecule has 0 spiro atoms. The molecule has 0 N–H and O–H groups in total. The Balaban J connectivity index is 2.72. The van der Waals surface area contributed by atoms with E-state index in [-0.39, 0.29) is 0 Å². The summed E-state index contributed by atoms with van der Waals surface area (Å²) < 4.78 is 6.31. The predicted octanol–water partition coefficient (Wildman–Crippen LogP) is 1.77. The number of aromatic nitrogens is 2. The van der Waals surface area contributed by atoms with Crippen LogP contribution in [0.4, 0.5) is 0 Å². The van der Waals surface area contributed by atoms with Gasteiger partial charge >= 0.3 is 5.97 Å². The van der Waals surface area contributed by atoms with Crippen LogP contribution < -0.4 is 0 Å². The van der Waals surface area contributed by atoms with Crippen LogP contribution >= 0.6 is 11.6 Å². The number of carbonyl (C=O) groups excluding carboxylic acids is 1. The van der Waals surface area contributed by atoms with Crippen molar-refractivity contribution in [2.45, 2.75) is 0 Å². The van der Waals surface area contributed by atoms with Crippen LogP contribution in [0.5, 0.6) is 0 Å². The van der Waals surface area contributed by atoms with E-state index in [9.17, 15) is 4.79 Å². The lowest BCUT2D eigenvalue weighted by Gasteiger charge is -2.02. The first-order valence-corrected chi connectivity index (χ1v) is 4.29. The van der Waals surface area contributed by atoms with Crippen molar-refractivity contribution in [2.24, 2.45) is 0 Å². The molecule has 0 fully saturated rings. The van der Waals surface area contributed by atoms with Gasteiger partial charge in [-0.25, -0.2) is 9.78 Å². The van der Waals surface area contributed by atoms with E-state index < -0.39 is 5.97 Å². The molecule has 0 aromatic carbocycles. The van der Waals surface area contributed by atoms with E-state index in [4.69, 9.17) is 11.6 Å². The van der Waals surface area contributed by atoms with Crippen molar-refractivity contribution >= 4 is 23.1 Å². The maximum Gasteiger partial charge on any atom is 0.340 e. The first-order valence-electron chi connectivity index (χ1n) is 3.92. The van der Waals surface area contributed by atoms with Crippen molar-refractivity contribution in [3.05, 3.63) is 35.4 Å². The number of esters is 1. The van der Waals surface area contributed by atoms with Crippen LogP contribution in [-0.4, -0.2) is 22.5 Å². The van der Waals surface area contributed by atoms with E-state index in [1.54, 1.807) is 29.2 Å². The summed E-state index contributed by atoms with van der Waals surface area (Å²) in [7, 11) is 1.33. The van der Waals surface area contributed by atoms with Crippen molar-refractivity contribution in [3.63, 3.8) is 0 Å². The largest absolute Gasteiger partial charge is 0.465 e. The van der Waals surface area contributed by atoms with Crippen LogP contribution in [0.2, 0.25) is 5.02 Å². The van der Waals surface area contributed by atoms with E-state index >= 15 is 0 Å². The molecule has 0 saturated carbocycles. The smallest absolute Gasteiger partial charge is 0.340 e. The molecule has 0 unspecified atom stereocenters. The van der Waals surface area contributed by atoms with Crippen LogP contribution in [0.1, 0.15) is 10.4 Å². The molecule has 0 atom stereocenters. The van der Waals surface area contributed by atoms with E-state index in [0.717, 1.165) is 0 Å². The number of rotatable bonds is 1. The second-order valence-corrected chi connectivity index (χ2v) is 3.19. The molecule has 2 aromatic rings. The summed E-state index contributed by atoms with van der Waals surface area (Å²) in [5.74, 6) is -0.419. The monoisotopic (exact) mass is 210 g/mol. The van der Waals surface area contributed by atoms with Crippen LogP contribution in [0.25, 0.3) is 5.52 Å². The van der Waals surface area contributed by atoms with Gasteiger partial charge in [-0.2, -0.15) is 0 Å². The molecular formula is C9H7ClN2O2. The van der Waals surface area contributed by atoms with E-state index in [1.165, 1.54) is 7.11 Å². The number of methoxy groups -OCH3 is 1. The standard InChI is InChI=1S/C9H7ClN2O2/c1-14-9(13)7-2-6(10)4-12-5-11-3-8(7)12/h2-5H,1H3. The minimum atomic E-state index is -0.419. The number of hydrogen-bond acceptors (Lipinski definition) is 3. The third-order valence-corrected chi connectivity index (χ3v) is 2.10. The summed E-state index contributed by atoms with van der Waals surface area (Å²) in [5.41, 5.74) is 1.10. The maximum atomic E-state index is 11.4. The maximum absolute atomic E-state index is 11.4. The highest BCUT2D eigenvalue weighted by molar-refractivity contribution is 6.31. The Kier molecular flexibility index (Phi) is 2.13. The normalized spacial score (nSPS) is 10.4. The number of halogens is 1. The Morgan fingerprint density at radius 3 is 3.14 bits per heavy atom. The quantitative estimate of drug-likeness (QED) is 0.674. The molecule has 0 aliphatic carbocycles. The number of imidazole rings is 1. The molecule has 0 aliphatic rings. The van der Waals surface area contributed by atoms with Crippen molar-refractivity contribution in [3.8, 4) is 0 Å². The third-order valence-electron chi connectivity index (χ3n) is 1.89. The van der Waals surface area contributed by atoms with Gasteiger partial charge in [-0.05, 0) is 6.07 Å². The molecule has 0 bridgehead atoms. The fraction of sp³-hybridized carbons (Fsp3) is 0.111. The van der Waals surface area contributed by atoms with Gasteiger partial charge in [-0.3, -0.25) is 0 Å². The van der Waals surface area contributed by atoms with Gasteiger partial charge in [0.15, 0.2) is 0 Å². The third kappa shape index (κ3) is 1.33. The Hall–Kier alpha value is -1.55. The number of hydrogen-bond donors (Lipinski definition) is 0. The fourth-order valence-corrected chi connectivity index (χ4v) is 1.49. The Morgan fingerprint density at radius 1 is 1.64 bits per heavy atom. The number of fused-ring (bicyclic) bond motifs is 1. The Bertz CT molecular complexity index is 493. The number of carbonyl (C=O) groups is 1. The van der Waals surface area contributed by atoms with E-state index in [1.807, 2.05) is 0 Å². The van der Waals surface area contributed by atoms with Gasteiger partial charge in [0.05, 0.1) is 35.7 Å². The van der Waals surface area contributed by atoms with Crippen LogP contribution in [0, 0.1) is 0 Å². The highest BCUT2D eigenvalue weighted by Gasteiger charge is 2.11. The summed E-state index contributed by atoms with van der Waals surface area (Å²) in [4.78, 5) is 15.3. The van der Waals surface area contributed by atoms with Crippen molar-refractivity contribution < 1.29 is 9.53 Å². The van der Waals surface area contributed by atoms with Gasteiger partial charge in [0.2, 0.25) is 0 Å². The van der Waals surface area contributed by atoms with Gasteiger partial charge < -0.3 is 9.14 Å². The van der Waals surface area contributed by atoms with Crippen molar-refractivity contribution in [1.29, 1.82) is 0 Å².